The minimum atomic E-state index is -0.452. The van der Waals surface area contributed by atoms with Crippen molar-refractivity contribution in [3.05, 3.63) is 70.1 Å². The highest BCUT2D eigenvalue weighted by Gasteiger charge is 2.16. The van der Waals surface area contributed by atoms with E-state index in [4.69, 9.17) is 5.73 Å². The van der Waals surface area contributed by atoms with Crippen LogP contribution in [0.4, 0.5) is 0 Å². The second kappa shape index (κ2) is 6.45. The molecule has 3 aromatic rings. The molecule has 0 radical (unpaired) electrons. The van der Waals surface area contributed by atoms with E-state index in [0.717, 1.165) is 21.2 Å². The number of fused-ring (bicyclic) bond motifs is 1. The van der Waals surface area contributed by atoms with Gasteiger partial charge in [0.2, 0.25) is 5.91 Å². The smallest absolute Gasteiger partial charge is 0.261 e. The molecule has 5 heteroatoms. The van der Waals surface area contributed by atoms with Crippen molar-refractivity contribution in [3.8, 4) is 0 Å². The van der Waals surface area contributed by atoms with Crippen molar-refractivity contribution in [1.82, 2.24) is 5.32 Å². The zero-order valence-corrected chi connectivity index (χ0v) is 14.3. The highest BCUT2D eigenvalue weighted by Crippen LogP contribution is 2.26. The molecular weight excluding hydrogens is 320 g/mol. The number of amides is 2. The molecule has 24 heavy (non-hydrogen) atoms. The van der Waals surface area contributed by atoms with Crippen LogP contribution in [0, 0.1) is 6.92 Å². The van der Waals surface area contributed by atoms with E-state index in [1.165, 1.54) is 11.3 Å². The molecule has 2 amide bonds. The van der Waals surface area contributed by atoms with Crippen molar-refractivity contribution in [2.45, 2.75) is 19.9 Å². The van der Waals surface area contributed by atoms with Crippen LogP contribution in [0.25, 0.3) is 10.1 Å². The Kier molecular flexibility index (Phi) is 4.36. The van der Waals surface area contributed by atoms with E-state index in [2.05, 4.69) is 5.32 Å². The number of carbonyl (C=O) groups is 2. The lowest BCUT2D eigenvalue weighted by Gasteiger charge is -2.16. The molecule has 0 aliphatic rings. The van der Waals surface area contributed by atoms with E-state index < -0.39 is 5.91 Å². The fraction of sp³-hybridized carbons (Fsp3) is 0.158. The number of primary amides is 1. The Bertz CT molecular complexity index is 897. The lowest BCUT2D eigenvalue weighted by atomic mass is 9.99. The molecule has 1 atom stereocenters. The third-order valence-electron chi connectivity index (χ3n) is 4.02. The van der Waals surface area contributed by atoms with Crippen LogP contribution in [0.1, 0.15) is 44.1 Å². The van der Waals surface area contributed by atoms with Crippen molar-refractivity contribution in [3.63, 3.8) is 0 Å². The van der Waals surface area contributed by atoms with Gasteiger partial charge in [0, 0.05) is 10.3 Å². The Balaban J connectivity index is 1.80. The summed E-state index contributed by atoms with van der Waals surface area (Å²) >= 11 is 1.48. The van der Waals surface area contributed by atoms with Gasteiger partial charge in [-0.1, -0.05) is 24.3 Å². The van der Waals surface area contributed by atoms with Gasteiger partial charge in [-0.25, -0.2) is 0 Å². The Morgan fingerprint density at radius 2 is 1.88 bits per heavy atom. The maximum atomic E-state index is 12.5. The van der Waals surface area contributed by atoms with E-state index in [1.54, 1.807) is 12.1 Å². The number of nitrogens with two attached hydrogens (primary N) is 1. The molecule has 0 fully saturated rings. The molecule has 3 rings (SSSR count). The summed E-state index contributed by atoms with van der Waals surface area (Å²) in [4.78, 5) is 24.4. The summed E-state index contributed by atoms with van der Waals surface area (Å²) in [7, 11) is 0. The Labute approximate surface area is 144 Å². The fourth-order valence-corrected chi connectivity index (χ4v) is 3.72. The van der Waals surface area contributed by atoms with Crippen molar-refractivity contribution in [1.29, 1.82) is 0 Å². The second-order valence-electron chi connectivity index (χ2n) is 5.78. The van der Waals surface area contributed by atoms with Gasteiger partial charge >= 0.3 is 0 Å². The van der Waals surface area contributed by atoms with Crippen molar-refractivity contribution in [2.75, 3.05) is 0 Å². The molecule has 0 aliphatic heterocycles. The van der Waals surface area contributed by atoms with Crippen LogP contribution >= 0.6 is 11.3 Å². The summed E-state index contributed by atoms with van der Waals surface area (Å²) in [5, 5.41) is 4.09. The Hall–Kier alpha value is -2.66. The minimum absolute atomic E-state index is 0.0953. The number of benzene rings is 2. The summed E-state index contributed by atoms with van der Waals surface area (Å²) < 4.78 is 1.09. The number of thiophene rings is 1. The Morgan fingerprint density at radius 1 is 1.12 bits per heavy atom. The van der Waals surface area contributed by atoms with E-state index in [1.807, 2.05) is 50.2 Å². The number of hydrogen-bond acceptors (Lipinski definition) is 3. The first kappa shape index (κ1) is 16.2. The molecular formula is C19H18N2O2S. The molecule has 122 valence electrons. The molecule has 0 aliphatic carbocycles. The quantitative estimate of drug-likeness (QED) is 0.759. The van der Waals surface area contributed by atoms with Crippen LogP contribution in [-0.4, -0.2) is 11.8 Å². The average molecular weight is 338 g/mol. The number of hydrogen-bond donors (Lipinski definition) is 2. The second-order valence-corrected chi connectivity index (χ2v) is 6.86. The van der Waals surface area contributed by atoms with E-state index >= 15 is 0 Å². The number of aryl methyl sites for hydroxylation is 1. The third kappa shape index (κ3) is 3.16. The first-order chi connectivity index (χ1) is 11.5. The summed E-state index contributed by atoms with van der Waals surface area (Å²) in [6, 6.07) is 15.0. The molecule has 4 nitrogen and oxygen atoms in total. The standard InChI is InChI=1S/C19H18N2O2S/c1-11-9-14(18(20)22)7-8-15(11)12(2)21-19(23)17-10-13-5-3-4-6-16(13)24-17/h3-10,12H,1-2H3,(H2,20,22)(H,21,23). The number of rotatable bonds is 4. The van der Waals surface area contributed by atoms with Crippen LogP contribution in [-0.2, 0) is 0 Å². The van der Waals surface area contributed by atoms with Gasteiger partial charge in [0.05, 0.1) is 10.9 Å². The van der Waals surface area contributed by atoms with Gasteiger partial charge in [0.15, 0.2) is 0 Å². The molecule has 3 N–H and O–H groups in total. The molecule has 0 saturated heterocycles. The summed E-state index contributed by atoms with van der Waals surface area (Å²) in [6.45, 7) is 3.83. The van der Waals surface area contributed by atoms with Crippen LogP contribution in [0.3, 0.4) is 0 Å². The summed E-state index contributed by atoms with van der Waals surface area (Å²) in [5.74, 6) is -0.548. The monoisotopic (exact) mass is 338 g/mol. The zero-order chi connectivity index (χ0) is 17.3. The maximum Gasteiger partial charge on any atom is 0.261 e. The maximum absolute atomic E-state index is 12.5. The van der Waals surface area contributed by atoms with Gasteiger partial charge in [0.25, 0.3) is 5.91 Å². The van der Waals surface area contributed by atoms with Gasteiger partial charge < -0.3 is 11.1 Å². The van der Waals surface area contributed by atoms with E-state index in [0.29, 0.717) is 10.4 Å². The van der Waals surface area contributed by atoms with Crippen LogP contribution in [0.5, 0.6) is 0 Å². The summed E-state index contributed by atoms with van der Waals surface area (Å²) in [5.41, 5.74) is 7.66. The van der Waals surface area contributed by atoms with Crippen LogP contribution in [0.15, 0.2) is 48.5 Å². The SMILES string of the molecule is Cc1cc(C(N)=O)ccc1C(C)NC(=O)c1cc2ccccc2s1. The lowest BCUT2D eigenvalue weighted by Crippen LogP contribution is -2.26. The Morgan fingerprint density at radius 3 is 2.54 bits per heavy atom. The molecule has 0 saturated carbocycles. The highest BCUT2D eigenvalue weighted by molar-refractivity contribution is 7.20. The van der Waals surface area contributed by atoms with Crippen LogP contribution in [0.2, 0.25) is 0 Å². The predicted molar refractivity (Wildman–Crippen MR) is 97.4 cm³/mol. The first-order valence-corrected chi connectivity index (χ1v) is 8.47. The highest BCUT2D eigenvalue weighted by atomic mass is 32.1. The van der Waals surface area contributed by atoms with Crippen molar-refractivity contribution >= 4 is 33.2 Å². The normalized spacial score (nSPS) is 12.1. The topological polar surface area (TPSA) is 72.2 Å². The van der Waals surface area contributed by atoms with Gasteiger partial charge in [-0.3, -0.25) is 9.59 Å². The summed E-state index contributed by atoms with van der Waals surface area (Å²) in [6.07, 6.45) is 0. The van der Waals surface area contributed by atoms with Crippen LogP contribution < -0.4 is 11.1 Å². The zero-order valence-electron chi connectivity index (χ0n) is 13.5. The number of nitrogens with one attached hydrogen (secondary N) is 1. The van der Waals surface area contributed by atoms with Gasteiger partial charge in [0.1, 0.15) is 0 Å². The first-order valence-electron chi connectivity index (χ1n) is 7.65. The molecule has 0 spiro atoms. The molecule has 2 aromatic carbocycles. The predicted octanol–water partition coefficient (Wildman–Crippen LogP) is 3.80. The molecule has 0 bridgehead atoms. The lowest BCUT2D eigenvalue weighted by molar-refractivity contribution is 0.0942. The fourth-order valence-electron chi connectivity index (χ4n) is 2.75. The van der Waals surface area contributed by atoms with E-state index in [-0.39, 0.29) is 11.9 Å². The van der Waals surface area contributed by atoms with Gasteiger partial charge in [-0.15, -0.1) is 11.3 Å². The molecule has 1 heterocycles. The minimum Gasteiger partial charge on any atom is -0.366 e. The van der Waals surface area contributed by atoms with Gasteiger partial charge in [-0.2, -0.15) is 0 Å². The van der Waals surface area contributed by atoms with E-state index in [9.17, 15) is 9.59 Å². The molecule has 1 aromatic heterocycles. The van der Waals surface area contributed by atoms with Crippen molar-refractivity contribution in [2.24, 2.45) is 5.73 Å². The van der Waals surface area contributed by atoms with Crippen molar-refractivity contribution < 1.29 is 9.59 Å². The average Bonchev–Trinajstić information content (AvgIpc) is 2.98. The number of carbonyl (C=O) groups excluding carboxylic acids is 2. The third-order valence-corrected chi connectivity index (χ3v) is 5.13. The van der Waals surface area contributed by atoms with Gasteiger partial charge in [-0.05, 0) is 54.6 Å². The largest absolute Gasteiger partial charge is 0.366 e. The molecule has 1 unspecified atom stereocenters.